The lowest BCUT2D eigenvalue weighted by atomic mass is 10.1. The summed E-state index contributed by atoms with van der Waals surface area (Å²) >= 11 is 6.37. The zero-order valence-corrected chi connectivity index (χ0v) is 20.0. The Kier molecular flexibility index (Phi) is 9.14. The number of ether oxygens (including phenoxy) is 1. The topological polar surface area (TPSA) is 58.6 Å². The Labute approximate surface area is 200 Å². The second-order valence-corrected chi connectivity index (χ2v) is 8.35. The summed E-state index contributed by atoms with van der Waals surface area (Å²) in [6.45, 7) is 4.63. The molecule has 3 aromatic carbocycles. The Morgan fingerprint density at radius 3 is 2.48 bits per heavy atom. The Bertz CT molecular complexity index is 1080. The molecular formula is C27H31ClN2O3. The van der Waals surface area contributed by atoms with Gasteiger partial charge in [0.25, 0.3) is 5.91 Å². The molecule has 0 spiro atoms. The molecule has 5 nitrogen and oxygen atoms in total. The van der Waals surface area contributed by atoms with E-state index in [-0.39, 0.29) is 25.0 Å². The van der Waals surface area contributed by atoms with Crippen LogP contribution in [0.25, 0.3) is 10.8 Å². The van der Waals surface area contributed by atoms with E-state index in [9.17, 15) is 9.59 Å². The number of unbranched alkanes of at least 4 members (excludes halogenated alkanes) is 1. The molecule has 0 aliphatic rings. The summed E-state index contributed by atoms with van der Waals surface area (Å²) in [5.41, 5.74) is 0.789. The molecule has 0 saturated carbocycles. The van der Waals surface area contributed by atoms with Gasteiger partial charge in [0.15, 0.2) is 6.61 Å². The molecule has 6 heteroatoms. The third-order valence-electron chi connectivity index (χ3n) is 5.61. The summed E-state index contributed by atoms with van der Waals surface area (Å²) in [6.07, 6.45) is 2.37. The van der Waals surface area contributed by atoms with Crippen LogP contribution in [-0.2, 0) is 16.1 Å². The summed E-state index contributed by atoms with van der Waals surface area (Å²) in [4.78, 5) is 27.9. The highest BCUT2D eigenvalue weighted by molar-refractivity contribution is 6.31. The van der Waals surface area contributed by atoms with Crippen molar-refractivity contribution in [2.75, 3.05) is 13.2 Å². The van der Waals surface area contributed by atoms with Crippen molar-refractivity contribution in [3.05, 3.63) is 77.3 Å². The second kappa shape index (κ2) is 12.3. The van der Waals surface area contributed by atoms with E-state index in [0.717, 1.165) is 29.2 Å². The van der Waals surface area contributed by atoms with Crippen molar-refractivity contribution in [1.82, 2.24) is 10.2 Å². The minimum atomic E-state index is -0.609. The monoisotopic (exact) mass is 466 g/mol. The predicted molar refractivity (Wildman–Crippen MR) is 133 cm³/mol. The van der Waals surface area contributed by atoms with E-state index >= 15 is 0 Å². The number of carbonyl (C=O) groups excluding carboxylic acids is 2. The summed E-state index contributed by atoms with van der Waals surface area (Å²) in [5, 5.41) is 5.50. The van der Waals surface area contributed by atoms with Crippen molar-refractivity contribution in [2.24, 2.45) is 0 Å². The number of fused-ring (bicyclic) bond motifs is 1. The smallest absolute Gasteiger partial charge is 0.261 e. The van der Waals surface area contributed by atoms with Crippen LogP contribution in [0.3, 0.4) is 0 Å². The van der Waals surface area contributed by atoms with Crippen LogP contribution >= 0.6 is 11.6 Å². The number of nitrogens with zero attached hydrogens (tertiary/aromatic N) is 1. The van der Waals surface area contributed by atoms with Crippen molar-refractivity contribution in [2.45, 2.75) is 45.7 Å². The number of hydrogen-bond acceptors (Lipinski definition) is 3. The van der Waals surface area contributed by atoms with Crippen LogP contribution in [-0.4, -0.2) is 35.9 Å². The first-order valence-corrected chi connectivity index (χ1v) is 11.8. The standard InChI is InChI=1S/C27H31ClN2O3/c1-3-5-17-29-27(32)24(4-2)30(18-21-12-7-9-15-23(21)28)26(31)19-33-25-16-10-13-20-11-6-8-14-22(20)25/h6-16,24H,3-5,17-19H2,1-2H3,(H,29,32)/t24-/m1/s1. The molecule has 0 heterocycles. The number of carbonyl (C=O) groups is 2. The number of nitrogens with one attached hydrogen (secondary N) is 1. The molecule has 0 aliphatic heterocycles. The molecule has 0 saturated heterocycles. The molecule has 3 rings (SSSR count). The molecule has 0 fully saturated rings. The van der Waals surface area contributed by atoms with Gasteiger partial charge in [-0.05, 0) is 35.9 Å². The third kappa shape index (κ3) is 6.48. The van der Waals surface area contributed by atoms with E-state index in [1.54, 1.807) is 11.0 Å². The average Bonchev–Trinajstić information content (AvgIpc) is 2.83. The highest BCUT2D eigenvalue weighted by Gasteiger charge is 2.29. The Morgan fingerprint density at radius 1 is 1.00 bits per heavy atom. The molecule has 0 bridgehead atoms. The summed E-state index contributed by atoms with van der Waals surface area (Å²) in [5.74, 6) is 0.219. The van der Waals surface area contributed by atoms with Crippen LogP contribution in [0.1, 0.15) is 38.7 Å². The lowest BCUT2D eigenvalue weighted by molar-refractivity contribution is -0.142. The van der Waals surface area contributed by atoms with Gasteiger partial charge in [0.1, 0.15) is 11.8 Å². The van der Waals surface area contributed by atoms with Gasteiger partial charge in [0, 0.05) is 23.5 Å². The maximum Gasteiger partial charge on any atom is 0.261 e. The Balaban J connectivity index is 1.81. The largest absolute Gasteiger partial charge is 0.483 e. The minimum Gasteiger partial charge on any atom is -0.483 e. The van der Waals surface area contributed by atoms with Gasteiger partial charge in [-0.15, -0.1) is 0 Å². The average molecular weight is 467 g/mol. The van der Waals surface area contributed by atoms with Crippen molar-refractivity contribution < 1.29 is 14.3 Å². The molecule has 33 heavy (non-hydrogen) atoms. The van der Waals surface area contributed by atoms with Crippen LogP contribution < -0.4 is 10.1 Å². The fourth-order valence-corrected chi connectivity index (χ4v) is 3.98. The van der Waals surface area contributed by atoms with Gasteiger partial charge in [-0.3, -0.25) is 9.59 Å². The van der Waals surface area contributed by atoms with E-state index < -0.39 is 6.04 Å². The van der Waals surface area contributed by atoms with Crippen molar-refractivity contribution in [1.29, 1.82) is 0 Å². The molecule has 174 valence electrons. The highest BCUT2D eigenvalue weighted by atomic mass is 35.5. The molecule has 1 N–H and O–H groups in total. The zero-order chi connectivity index (χ0) is 23.6. The molecule has 0 aliphatic carbocycles. The normalized spacial score (nSPS) is 11.7. The number of halogens is 1. The fraction of sp³-hybridized carbons (Fsp3) is 0.333. The van der Waals surface area contributed by atoms with E-state index in [1.165, 1.54) is 0 Å². The molecule has 0 unspecified atom stereocenters. The molecule has 2 amide bonds. The number of hydrogen-bond donors (Lipinski definition) is 1. The van der Waals surface area contributed by atoms with Crippen LogP contribution in [0.15, 0.2) is 66.7 Å². The van der Waals surface area contributed by atoms with Gasteiger partial charge in [0.2, 0.25) is 5.91 Å². The molecule has 0 aromatic heterocycles. The highest BCUT2D eigenvalue weighted by Crippen LogP contribution is 2.25. The van der Waals surface area contributed by atoms with Gasteiger partial charge >= 0.3 is 0 Å². The first kappa shape index (κ1) is 24.6. The van der Waals surface area contributed by atoms with E-state index in [0.29, 0.717) is 23.7 Å². The number of benzene rings is 3. The SMILES string of the molecule is CCCCNC(=O)[C@@H](CC)N(Cc1ccccc1Cl)C(=O)COc1cccc2ccccc12. The lowest BCUT2D eigenvalue weighted by Gasteiger charge is -2.31. The number of amides is 2. The quantitative estimate of drug-likeness (QED) is 0.374. The Morgan fingerprint density at radius 2 is 1.73 bits per heavy atom. The van der Waals surface area contributed by atoms with Gasteiger partial charge in [-0.2, -0.15) is 0 Å². The summed E-state index contributed by atoms with van der Waals surface area (Å²) in [7, 11) is 0. The molecule has 1 atom stereocenters. The van der Waals surface area contributed by atoms with Crippen LogP contribution in [0.5, 0.6) is 5.75 Å². The van der Waals surface area contributed by atoms with Crippen molar-refractivity contribution >= 4 is 34.2 Å². The first-order chi connectivity index (χ1) is 16.0. The van der Waals surface area contributed by atoms with E-state index in [1.807, 2.05) is 67.6 Å². The molecule has 3 aromatic rings. The maximum atomic E-state index is 13.4. The lowest BCUT2D eigenvalue weighted by Crippen LogP contribution is -2.50. The van der Waals surface area contributed by atoms with E-state index in [2.05, 4.69) is 12.2 Å². The summed E-state index contributed by atoms with van der Waals surface area (Å²) in [6, 6.07) is 20.4. The number of rotatable bonds is 11. The fourth-order valence-electron chi connectivity index (χ4n) is 3.78. The van der Waals surface area contributed by atoms with Gasteiger partial charge in [-0.1, -0.05) is 86.5 Å². The summed E-state index contributed by atoms with van der Waals surface area (Å²) < 4.78 is 5.95. The van der Waals surface area contributed by atoms with E-state index in [4.69, 9.17) is 16.3 Å². The van der Waals surface area contributed by atoms with Crippen molar-refractivity contribution in [3.8, 4) is 5.75 Å². The maximum absolute atomic E-state index is 13.4. The first-order valence-electron chi connectivity index (χ1n) is 11.5. The molecule has 0 radical (unpaired) electrons. The zero-order valence-electron chi connectivity index (χ0n) is 19.2. The van der Waals surface area contributed by atoms with Gasteiger partial charge < -0.3 is 15.0 Å². The van der Waals surface area contributed by atoms with Gasteiger partial charge in [-0.25, -0.2) is 0 Å². The van der Waals surface area contributed by atoms with Crippen molar-refractivity contribution in [3.63, 3.8) is 0 Å². The Hall–Kier alpha value is -3.05. The van der Waals surface area contributed by atoms with Gasteiger partial charge in [0.05, 0.1) is 0 Å². The molecular weight excluding hydrogens is 436 g/mol. The van der Waals surface area contributed by atoms with Crippen LogP contribution in [0.4, 0.5) is 0 Å². The predicted octanol–water partition coefficient (Wildman–Crippen LogP) is 5.60. The second-order valence-electron chi connectivity index (χ2n) is 7.95. The van der Waals surface area contributed by atoms with Crippen LogP contribution in [0.2, 0.25) is 5.02 Å². The third-order valence-corrected chi connectivity index (χ3v) is 5.98. The minimum absolute atomic E-state index is 0.156. The van der Waals surface area contributed by atoms with Crippen LogP contribution in [0, 0.1) is 0 Å².